The normalized spacial score (nSPS) is 33.5. The number of carboxylic acids is 1. The molecular weight excluding hydrogens is 268 g/mol. The lowest BCUT2D eigenvalue weighted by molar-refractivity contribution is -0.173. The number of carbonyl (C=O) groups is 2. The van der Waals surface area contributed by atoms with Gasteiger partial charge in [0.1, 0.15) is 6.10 Å². The lowest BCUT2D eigenvalue weighted by atomic mass is 9.59. The van der Waals surface area contributed by atoms with Gasteiger partial charge in [-0.05, 0) is 43.4 Å². The van der Waals surface area contributed by atoms with Crippen molar-refractivity contribution in [3.05, 3.63) is 0 Å². The van der Waals surface area contributed by atoms with Crippen LogP contribution in [0.4, 0.5) is 0 Å². The summed E-state index contributed by atoms with van der Waals surface area (Å²) in [5, 5.41) is 8.98. The maximum absolute atomic E-state index is 12.8. The molecule has 2 fully saturated rings. The van der Waals surface area contributed by atoms with Gasteiger partial charge in [0, 0.05) is 0 Å². The predicted molar refractivity (Wildman–Crippen MR) is 79.8 cm³/mol. The van der Waals surface area contributed by atoms with Gasteiger partial charge in [0.25, 0.3) is 0 Å². The fraction of sp³-hybridized carbons (Fsp3) is 0.882. The Bertz CT molecular complexity index is 400. The van der Waals surface area contributed by atoms with Crippen LogP contribution in [-0.2, 0) is 14.3 Å². The summed E-state index contributed by atoms with van der Waals surface area (Å²) in [6, 6.07) is 0. The van der Waals surface area contributed by atoms with Crippen LogP contribution in [0.15, 0.2) is 0 Å². The number of ether oxygens (including phenoxy) is 1. The highest BCUT2D eigenvalue weighted by molar-refractivity contribution is 5.78. The van der Waals surface area contributed by atoms with Gasteiger partial charge in [0.2, 0.25) is 0 Å². The van der Waals surface area contributed by atoms with Gasteiger partial charge in [-0.3, -0.25) is 9.59 Å². The molecule has 4 atom stereocenters. The second kappa shape index (κ2) is 6.37. The molecule has 4 nitrogen and oxygen atoms in total. The lowest BCUT2D eigenvalue weighted by Crippen LogP contribution is -2.45. The molecule has 4 unspecified atom stereocenters. The number of hydrogen-bond acceptors (Lipinski definition) is 3. The van der Waals surface area contributed by atoms with E-state index in [9.17, 15) is 9.59 Å². The molecule has 0 heterocycles. The van der Waals surface area contributed by atoms with Gasteiger partial charge in [-0.25, -0.2) is 0 Å². The Labute approximate surface area is 127 Å². The van der Waals surface area contributed by atoms with E-state index in [1.807, 2.05) is 13.8 Å². The molecule has 120 valence electrons. The Morgan fingerprint density at radius 2 is 2.05 bits per heavy atom. The third-order valence-electron chi connectivity index (χ3n) is 5.23. The number of aliphatic carboxylic acids is 1. The van der Waals surface area contributed by atoms with Crippen molar-refractivity contribution in [1.82, 2.24) is 0 Å². The van der Waals surface area contributed by atoms with Crippen LogP contribution >= 0.6 is 0 Å². The Balaban J connectivity index is 2.08. The summed E-state index contributed by atoms with van der Waals surface area (Å²) >= 11 is 0. The molecule has 2 aliphatic carbocycles. The number of carboxylic acid groups (broad SMARTS) is 1. The van der Waals surface area contributed by atoms with Crippen LogP contribution in [0.25, 0.3) is 0 Å². The van der Waals surface area contributed by atoms with Crippen molar-refractivity contribution >= 4 is 11.9 Å². The molecule has 0 amide bonds. The van der Waals surface area contributed by atoms with Crippen molar-refractivity contribution in [2.24, 2.45) is 23.2 Å². The van der Waals surface area contributed by atoms with Gasteiger partial charge < -0.3 is 9.84 Å². The first-order valence-corrected chi connectivity index (χ1v) is 8.25. The van der Waals surface area contributed by atoms with E-state index in [0.717, 1.165) is 25.7 Å². The molecule has 0 aromatic carbocycles. The molecule has 0 aliphatic heterocycles. The summed E-state index contributed by atoms with van der Waals surface area (Å²) < 4.78 is 5.67. The van der Waals surface area contributed by atoms with E-state index >= 15 is 0 Å². The highest BCUT2D eigenvalue weighted by Gasteiger charge is 2.48. The molecule has 0 saturated heterocycles. The Hall–Kier alpha value is -1.06. The van der Waals surface area contributed by atoms with Crippen LogP contribution in [0.1, 0.15) is 65.7 Å². The number of fused-ring (bicyclic) bond motifs is 2. The summed E-state index contributed by atoms with van der Waals surface area (Å²) in [5.41, 5.74) is -0.341. The zero-order valence-electron chi connectivity index (χ0n) is 13.4. The van der Waals surface area contributed by atoms with E-state index in [0.29, 0.717) is 11.8 Å². The molecule has 2 bridgehead atoms. The molecular formula is C17H28O4. The number of esters is 1. The van der Waals surface area contributed by atoms with Crippen molar-refractivity contribution in [3.63, 3.8) is 0 Å². The standard InChI is InChI=1S/C17H28O4/c1-11(2)14(8-15(18)19)21-16(20)17-6-4-5-13(10-17)7-12(3)9-17/h11-14H,4-10H2,1-3H3,(H,18,19). The highest BCUT2D eigenvalue weighted by atomic mass is 16.5. The molecule has 21 heavy (non-hydrogen) atoms. The van der Waals surface area contributed by atoms with Gasteiger partial charge >= 0.3 is 11.9 Å². The molecule has 1 N–H and O–H groups in total. The van der Waals surface area contributed by atoms with Crippen molar-refractivity contribution in [3.8, 4) is 0 Å². The van der Waals surface area contributed by atoms with Crippen molar-refractivity contribution in [2.45, 2.75) is 71.8 Å². The number of hydrogen-bond donors (Lipinski definition) is 1. The first kappa shape index (κ1) is 16.3. The molecule has 2 saturated carbocycles. The molecule has 0 aromatic rings. The molecule has 2 aliphatic rings. The van der Waals surface area contributed by atoms with Crippen LogP contribution in [-0.4, -0.2) is 23.1 Å². The largest absolute Gasteiger partial charge is 0.481 e. The van der Waals surface area contributed by atoms with Crippen LogP contribution in [0, 0.1) is 23.2 Å². The van der Waals surface area contributed by atoms with E-state index in [4.69, 9.17) is 9.84 Å². The minimum atomic E-state index is -0.905. The highest BCUT2D eigenvalue weighted by Crippen LogP contribution is 2.51. The molecule has 2 rings (SSSR count). The molecule has 0 spiro atoms. The molecule has 0 radical (unpaired) electrons. The summed E-state index contributed by atoms with van der Waals surface area (Å²) in [5.74, 6) is 0.193. The topological polar surface area (TPSA) is 63.6 Å². The van der Waals surface area contributed by atoms with Gasteiger partial charge in [0.05, 0.1) is 11.8 Å². The van der Waals surface area contributed by atoms with Gasteiger partial charge in [-0.1, -0.05) is 33.6 Å². The zero-order valence-corrected chi connectivity index (χ0v) is 13.4. The van der Waals surface area contributed by atoms with Gasteiger partial charge in [-0.2, -0.15) is 0 Å². The minimum absolute atomic E-state index is 0.0295. The zero-order chi connectivity index (χ0) is 15.6. The van der Waals surface area contributed by atoms with Crippen molar-refractivity contribution < 1.29 is 19.4 Å². The van der Waals surface area contributed by atoms with Crippen LogP contribution in [0.5, 0.6) is 0 Å². The summed E-state index contributed by atoms with van der Waals surface area (Å²) in [6.07, 6.45) is 5.68. The second-order valence-corrected chi connectivity index (χ2v) is 7.57. The maximum atomic E-state index is 12.8. The summed E-state index contributed by atoms with van der Waals surface area (Å²) in [4.78, 5) is 23.7. The molecule has 0 aromatic heterocycles. The fourth-order valence-electron chi connectivity index (χ4n) is 4.31. The van der Waals surface area contributed by atoms with Gasteiger partial charge in [0.15, 0.2) is 0 Å². The fourth-order valence-corrected chi connectivity index (χ4v) is 4.31. The predicted octanol–water partition coefficient (Wildman–Crippen LogP) is 3.64. The van der Waals surface area contributed by atoms with Gasteiger partial charge in [-0.15, -0.1) is 0 Å². The maximum Gasteiger partial charge on any atom is 0.312 e. The first-order valence-electron chi connectivity index (χ1n) is 8.25. The SMILES string of the molecule is CC1CC2CCCC(C(=O)OC(CC(=O)O)C(C)C)(C1)C2. The smallest absolute Gasteiger partial charge is 0.312 e. The van der Waals surface area contributed by atoms with Crippen LogP contribution in [0.2, 0.25) is 0 Å². The monoisotopic (exact) mass is 296 g/mol. The second-order valence-electron chi connectivity index (χ2n) is 7.57. The van der Waals surface area contributed by atoms with E-state index < -0.39 is 12.1 Å². The number of rotatable bonds is 5. The Morgan fingerprint density at radius 1 is 1.33 bits per heavy atom. The van der Waals surface area contributed by atoms with Crippen molar-refractivity contribution in [2.75, 3.05) is 0 Å². The van der Waals surface area contributed by atoms with Crippen molar-refractivity contribution in [1.29, 1.82) is 0 Å². The average Bonchev–Trinajstić information content (AvgIpc) is 2.36. The quantitative estimate of drug-likeness (QED) is 0.787. The number of carbonyl (C=O) groups excluding carboxylic acids is 1. The third kappa shape index (κ3) is 3.78. The van der Waals surface area contributed by atoms with E-state index in [1.165, 1.54) is 12.8 Å². The third-order valence-corrected chi connectivity index (χ3v) is 5.23. The average molecular weight is 296 g/mol. The van der Waals surface area contributed by atoms with E-state index in [1.54, 1.807) is 0 Å². The van der Waals surface area contributed by atoms with E-state index in [2.05, 4.69) is 6.92 Å². The van der Waals surface area contributed by atoms with Crippen LogP contribution in [0.3, 0.4) is 0 Å². The van der Waals surface area contributed by atoms with E-state index in [-0.39, 0.29) is 23.7 Å². The Kier molecular flexibility index (Phi) is 4.95. The Morgan fingerprint density at radius 3 is 2.67 bits per heavy atom. The summed E-state index contributed by atoms with van der Waals surface area (Å²) in [6.45, 7) is 6.04. The summed E-state index contributed by atoms with van der Waals surface area (Å²) in [7, 11) is 0. The molecule has 4 heteroatoms. The lowest BCUT2D eigenvalue weighted by Gasteiger charge is -2.46. The van der Waals surface area contributed by atoms with Crippen LogP contribution < -0.4 is 0 Å². The minimum Gasteiger partial charge on any atom is -0.481 e. The first-order chi connectivity index (χ1) is 9.82.